The molecule has 5 nitrogen and oxygen atoms in total. The van der Waals surface area contributed by atoms with Crippen LogP contribution in [0.25, 0.3) is 16.5 Å². The van der Waals surface area contributed by atoms with Crippen LogP contribution >= 0.6 is 0 Å². The molecule has 0 fully saturated rings. The summed E-state index contributed by atoms with van der Waals surface area (Å²) in [6.07, 6.45) is -0.343. The van der Waals surface area contributed by atoms with Crippen LogP contribution < -0.4 is 10.5 Å². The molecule has 0 radical (unpaired) electrons. The van der Waals surface area contributed by atoms with E-state index in [4.69, 9.17) is 9.15 Å². The van der Waals surface area contributed by atoms with Gasteiger partial charge in [0, 0.05) is 11.5 Å². The lowest BCUT2D eigenvalue weighted by Crippen LogP contribution is -2.15. The number of ether oxygens (including phenoxy) is 1. The lowest BCUT2D eigenvalue weighted by Gasteiger charge is -2.04. The fourth-order valence-electron chi connectivity index (χ4n) is 2.49. The highest BCUT2D eigenvalue weighted by molar-refractivity contribution is 5.88. The Morgan fingerprint density at radius 1 is 1.00 bits per heavy atom. The number of aromatic nitrogens is 2. The first-order valence-electron chi connectivity index (χ1n) is 7.33. The molecule has 0 spiro atoms. The minimum Gasteiger partial charge on any atom is -0.409 e. The lowest BCUT2D eigenvalue weighted by molar-refractivity contribution is 0.322. The highest BCUT2D eigenvalue weighted by Crippen LogP contribution is 2.28. The van der Waals surface area contributed by atoms with Crippen LogP contribution in [-0.4, -0.2) is 9.78 Å². The smallest absolute Gasteiger partial charge is 0.409 e. The van der Waals surface area contributed by atoms with Gasteiger partial charge in [-0.15, -0.1) is 0 Å². The Bertz CT molecular complexity index is 1130. The van der Waals surface area contributed by atoms with Crippen molar-refractivity contribution in [3.8, 4) is 17.5 Å². The molecule has 4 aromatic rings. The Labute approximate surface area is 139 Å². The summed E-state index contributed by atoms with van der Waals surface area (Å²) in [6, 6.07) is 15.6. The molecule has 25 heavy (non-hydrogen) atoms. The van der Waals surface area contributed by atoms with Crippen LogP contribution in [0.1, 0.15) is 0 Å². The van der Waals surface area contributed by atoms with Crippen molar-refractivity contribution in [2.75, 3.05) is 0 Å². The van der Waals surface area contributed by atoms with Crippen molar-refractivity contribution in [3.63, 3.8) is 0 Å². The molecule has 0 aliphatic rings. The average Bonchev–Trinajstić information content (AvgIpc) is 2.95. The lowest BCUT2D eigenvalue weighted by atomic mass is 10.1. The molecule has 0 amide bonds. The molecule has 7 heteroatoms. The standard InChI is InChI=1S/C18H10F2N2O3/c19-12-8-9-15(14(20)10-12)22-18(23)25-17(21-22)24-16-7-3-5-11-4-1-2-6-13(11)16/h1-10H. The molecule has 0 saturated carbocycles. The molecule has 0 unspecified atom stereocenters. The molecular formula is C18H10F2N2O3. The van der Waals surface area contributed by atoms with Gasteiger partial charge in [-0.2, -0.15) is 4.68 Å². The molecule has 0 aliphatic carbocycles. The zero-order valence-corrected chi connectivity index (χ0v) is 12.6. The monoisotopic (exact) mass is 340 g/mol. The minimum atomic E-state index is -0.944. The second kappa shape index (κ2) is 5.86. The van der Waals surface area contributed by atoms with Crippen molar-refractivity contribution >= 4 is 10.8 Å². The third kappa shape index (κ3) is 2.76. The molecule has 0 bridgehead atoms. The number of rotatable bonds is 3. The summed E-state index contributed by atoms with van der Waals surface area (Å²) < 4.78 is 38.0. The van der Waals surface area contributed by atoms with Crippen LogP contribution in [0.4, 0.5) is 8.78 Å². The van der Waals surface area contributed by atoms with Gasteiger partial charge in [0.1, 0.15) is 17.3 Å². The largest absolute Gasteiger partial charge is 0.444 e. The Kier molecular flexibility index (Phi) is 3.53. The second-order valence-electron chi connectivity index (χ2n) is 5.22. The molecule has 1 heterocycles. The minimum absolute atomic E-state index is 0.233. The maximum absolute atomic E-state index is 13.8. The first-order chi connectivity index (χ1) is 12.1. The Balaban J connectivity index is 1.74. The van der Waals surface area contributed by atoms with Crippen LogP contribution in [0.2, 0.25) is 0 Å². The maximum atomic E-state index is 13.8. The zero-order chi connectivity index (χ0) is 17.4. The number of hydrogen-bond donors (Lipinski definition) is 0. The summed E-state index contributed by atoms with van der Waals surface area (Å²) in [5.41, 5.74) is -0.233. The fourth-order valence-corrected chi connectivity index (χ4v) is 2.49. The van der Waals surface area contributed by atoms with Crippen LogP contribution in [0.5, 0.6) is 11.8 Å². The summed E-state index contributed by atoms with van der Waals surface area (Å²) in [5.74, 6) is -2.20. The van der Waals surface area contributed by atoms with E-state index in [1.165, 1.54) is 0 Å². The predicted molar refractivity (Wildman–Crippen MR) is 86.0 cm³/mol. The van der Waals surface area contributed by atoms with Gasteiger partial charge in [-0.25, -0.2) is 13.6 Å². The van der Waals surface area contributed by atoms with E-state index < -0.39 is 17.4 Å². The van der Waals surface area contributed by atoms with Crippen LogP contribution in [0, 0.1) is 11.6 Å². The molecule has 1 aromatic heterocycles. The molecule has 0 N–H and O–H groups in total. The second-order valence-corrected chi connectivity index (χ2v) is 5.22. The highest BCUT2D eigenvalue weighted by Gasteiger charge is 2.16. The highest BCUT2D eigenvalue weighted by atomic mass is 19.1. The van der Waals surface area contributed by atoms with Gasteiger partial charge in [0.15, 0.2) is 5.82 Å². The molecular weight excluding hydrogens is 330 g/mol. The van der Waals surface area contributed by atoms with E-state index in [9.17, 15) is 13.6 Å². The quantitative estimate of drug-likeness (QED) is 0.565. The summed E-state index contributed by atoms with van der Waals surface area (Å²) in [6.45, 7) is 0. The summed E-state index contributed by atoms with van der Waals surface area (Å²) >= 11 is 0. The summed E-state index contributed by atoms with van der Waals surface area (Å²) in [5, 5.41) is 5.56. The Morgan fingerprint density at radius 2 is 1.80 bits per heavy atom. The maximum Gasteiger partial charge on any atom is 0.444 e. The van der Waals surface area contributed by atoms with Gasteiger partial charge in [0.25, 0.3) is 0 Å². The molecule has 0 saturated heterocycles. The van der Waals surface area contributed by atoms with Crippen LogP contribution in [-0.2, 0) is 0 Å². The van der Waals surface area contributed by atoms with Crippen LogP contribution in [0.15, 0.2) is 69.9 Å². The molecule has 0 atom stereocenters. The van der Waals surface area contributed by atoms with E-state index in [0.29, 0.717) is 16.5 Å². The third-order valence-corrected chi connectivity index (χ3v) is 3.61. The van der Waals surface area contributed by atoms with Gasteiger partial charge < -0.3 is 9.15 Å². The van der Waals surface area contributed by atoms with Gasteiger partial charge in [0.2, 0.25) is 0 Å². The van der Waals surface area contributed by atoms with Crippen molar-refractivity contribution in [1.82, 2.24) is 9.78 Å². The number of fused-ring (bicyclic) bond motifs is 1. The topological polar surface area (TPSA) is 57.3 Å². The number of nitrogens with zero attached hydrogens (tertiary/aromatic N) is 2. The number of hydrogen-bond acceptors (Lipinski definition) is 4. The first kappa shape index (κ1) is 15.1. The number of halogens is 2. The van der Waals surface area contributed by atoms with E-state index >= 15 is 0 Å². The fraction of sp³-hybridized carbons (Fsp3) is 0. The van der Waals surface area contributed by atoms with Gasteiger partial charge in [-0.3, -0.25) is 0 Å². The van der Waals surface area contributed by atoms with Crippen molar-refractivity contribution in [2.24, 2.45) is 0 Å². The van der Waals surface area contributed by atoms with Crippen molar-refractivity contribution < 1.29 is 17.9 Å². The Hall–Kier alpha value is -3.48. The van der Waals surface area contributed by atoms with Crippen molar-refractivity contribution in [1.29, 1.82) is 0 Å². The molecule has 4 rings (SSSR count). The van der Waals surface area contributed by atoms with Gasteiger partial charge in [0.05, 0.1) is 0 Å². The van der Waals surface area contributed by atoms with E-state index in [2.05, 4.69) is 5.10 Å². The van der Waals surface area contributed by atoms with Crippen molar-refractivity contribution in [3.05, 3.63) is 82.8 Å². The SMILES string of the molecule is O=c1oc(Oc2cccc3ccccc23)nn1-c1ccc(F)cc1F. The molecule has 0 aliphatic heterocycles. The van der Waals surface area contributed by atoms with Crippen LogP contribution in [0.3, 0.4) is 0 Å². The average molecular weight is 340 g/mol. The van der Waals surface area contributed by atoms with E-state index in [-0.39, 0.29) is 11.8 Å². The van der Waals surface area contributed by atoms with E-state index in [0.717, 1.165) is 22.9 Å². The third-order valence-electron chi connectivity index (χ3n) is 3.61. The van der Waals surface area contributed by atoms with E-state index in [1.54, 1.807) is 12.1 Å². The Morgan fingerprint density at radius 3 is 2.64 bits per heavy atom. The van der Waals surface area contributed by atoms with Gasteiger partial charge >= 0.3 is 11.8 Å². The van der Waals surface area contributed by atoms with Gasteiger partial charge in [-0.1, -0.05) is 41.5 Å². The summed E-state index contributed by atoms with van der Waals surface area (Å²) in [7, 11) is 0. The molecule has 3 aromatic carbocycles. The van der Waals surface area contributed by atoms with Gasteiger partial charge in [-0.05, 0) is 23.6 Å². The van der Waals surface area contributed by atoms with Crippen molar-refractivity contribution in [2.45, 2.75) is 0 Å². The first-order valence-corrected chi connectivity index (χ1v) is 7.33. The van der Waals surface area contributed by atoms with E-state index in [1.807, 2.05) is 30.3 Å². The normalized spacial score (nSPS) is 11.0. The zero-order valence-electron chi connectivity index (χ0n) is 12.6. The predicted octanol–water partition coefficient (Wildman–Crippen LogP) is 4.05. The summed E-state index contributed by atoms with van der Waals surface area (Å²) in [4.78, 5) is 11.9. The molecule has 124 valence electrons. The number of benzene rings is 3.